The number of hydrazine groups is 1. The van der Waals surface area contributed by atoms with Crippen molar-refractivity contribution >= 4 is 0 Å². The van der Waals surface area contributed by atoms with Gasteiger partial charge in [0.1, 0.15) is 0 Å². The largest absolute Gasteiger partial charge is 0.317 e. The zero-order chi connectivity index (χ0) is 12.2. The summed E-state index contributed by atoms with van der Waals surface area (Å²) in [5, 5.41) is 2.24. The molecule has 0 aliphatic carbocycles. The first-order valence-electron chi connectivity index (χ1n) is 6.96. The molecule has 98 valence electrons. The van der Waals surface area contributed by atoms with Crippen molar-refractivity contribution in [2.45, 2.75) is 71.8 Å². The molecule has 0 aromatic heterocycles. The molecule has 1 atom stereocenters. The predicted molar refractivity (Wildman–Crippen MR) is 72.0 cm³/mol. The highest BCUT2D eigenvalue weighted by Gasteiger charge is 2.09. The molecule has 0 fully saturated rings. The van der Waals surface area contributed by atoms with Crippen molar-refractivity contribution in [2.24, 2.45) is 5.73 Å². The fraction of sp³-hybridized carbons (Fsp3) is 1.00. The lowest BCUT2D eigenvalue weighted by molar-refractivity contribution is 0.135. The van der Waals surface area contributed by atoms with Crippen LogP contribution in [-0.4, -0.2) is 24.3 Å². The summed E-state index contributed by atoms with van der Waals surface area (Å²) < 4.78 is 0. The Morgan fingerprint density at radius 2 is 1.69 bits per heavy atom. The van der Waals surface area contributed by atoms with E-state index in [2.05, 4.69) is 31.2 Å². The predicted octanol–water partition coefficient (Wildman–Crippen LogP) is 2.87. The highest BCUT2D eigenvalue weighted by molar-refractivity contribution is 4.62. The molecule has 16 heavy (non-hydrogen) atoms. The molecule has 0 rings (SSSR count). The van der Waals surface area contributed by atoms with Crippen LogP contribution in [0.4, 0.5) is 0 Å². The van der Waals surface area contributed by atoms with Gasteiger partial charge in [-0.25, -0.2) is 10.4 Å². The van der Waals surface area contributed by atoms with Gasteiger partial charge >= 0.3 is 0 Å². The number of rotatable bonds is 11. The number of nitrogens with two attached hydrogens (primary N) is 1. The van der Waals surface area contributed by atoms with Gasteiger partial charge in [-0.05, 0) is 13.3 Å². The highest BCUT2D eigenvalue weighted by atomic mass is 15.5. The summed E-state index contributed by atoms with van der Waals surface area (Å²) in [5.41, 5.74) is 8.70. The van der Waals surface area contributed by atoms with E-state index >= 15 is 0 Å². The van der Waals surface area contributed by atoms with Crippen molar-refractivity contribution < 1.29 is 0 Å². The number of hydrogen-bond donors (Lipinski definition) is 2. The molecule has 3 nitrogen and oxygen atoms in total. The zero-order valence-electron chi connectivity index (χ0n) is 11.5. The van der Waals surface area contributed by atoms with E-state index < -0.39 is 0 Å². The number of nitrogens with zero attached hydrogens (tertiary/aromatic N) is 1. The lowest BCUT2D eigenvalue weighted by atomic mass is 10.1. The SMILES string of the molecule is CCCCCCCCC(C)N(CC)NCN. The third-order valence-electron chi connectivity index (χ3n) is 3.14. The Bertz CT molecular complexity index is 139. The zero-order valence-corrected chi connectivity index (χ0v) is 11.5. The minimum Gasteiger partial charge on any atom is -0.317 e. The van der Waals surface area contributed by atoms with Gasteiger partial charge < -0.3 is 5.73 Å². The Morgan fingerprint density at radius 3 is 2.25 bits per heavy atom. The topological polar surface area (TPSA) is 41.3 Å². The van der Waals surface area contributed by atoms with E-state index in [9.17, 15) is 0 Å². The average molecular weight is 229 g/mol. The molecule has 0 aliphatic rings. The van der Waals surface area contributed by atoms with Gasteiger partial charge in [-0.1, -0.05) is 52.4 Å². The fourth-order valence-electron chi connectivity index (χ4n) is 2.07. The van der Waals surface area contributed by atoms with Gasteiger partial charge in [0.2, 0.25) is 0 Å². The van der Waals surface area contributed by atoms with Crippen molar-refractivity contribution in [2.75, 3.05) is 13.2 Å². The van der Waals surface area contributed by atoms with Crippen LogP contribution in [0.15, 0.2) is 0 Å². The lowest BCUT2D eigenvalue weighted by Gasteiger charge is -2.27. The van der Waals surface area contributed by atoms with E-state index in [4.69, 9.17) is 5.73 Å². The monoisotopic (exact) mass is 229 g/mol. The maximum Gasteiger partial charge on any atom is 0.0567 e. The molecule has 0 heterocycles. The quantitative estimate of drug-likeness (QED) is 0.325. The lowest BCUT2D eigenvalue weighted by Crippen LogP contribution is -2.46. The fourth-order valence-corrected chi connectivity index (χ4v) is 2.07. The summed E-state index contributed by atoms with van der Waals surface area (Å²) in [6.07, 6.45) is 9.53. The minimum atomic E-state index is 0.536. The Labute approximate surface area is 102 Å². The van der Waals surface area contributed by atoms with Gasteiger partial charge in [0, 0.05) is 12.6 Å². The van der Waals surface area contributed by atoms with Crippen LogP contribution in [-0.2, 0) is 0 Å². The molecule has 1 unspecified atom stereocenters. The Balaban J connectivity index is 3.43. The van der Waals surface area contributed by atoms with E-state index in [1.54, 1.807) is 0 Å². The van der Waals surface area contributed by atoms with Gasteiger partial charge in [0.05, 0.1) is 6.67 Å². The van der Waals surface area contributed by atoms with Gasteiger partial charge in [-0.2, -0.15) is 0 Å². The molecule has 0 amide bonds. The first-order chi connectivity index (χ1) is 7.76. The van der Waals surface area contributed by atoms with Crippen LogP contribution in [0.5, 0.6) is 0 Å². The van der Waals surface area contributed by atoms with E-state index in [0.29, 0.717) is 12.7 Å². The minimum absolute atomic E-state index is 0.536. The molecule has 0 radical (unpaired) electrons. The van der Waals surface area contributed by atoms with Crippen LogP contribution in [0.2, 0.25) is 0 Å². The third-order valence-corrected chi connectivity index (χ3v) is 3.14. The second kappa shape index (κ2) is 11.4. The van der Waals surface area contributed by atoms with Crippen LogP contribution in [0.1, 0.15) is 65.7 Å². The number of unbranched alkanes of at least 4 members (excludes halogenated alkanes) is 5. The normalized spacial score (nSPS) is 13.3. The summed E-state index contributed by atoms with van der Waals surface area (Å²) >= 11 is 0. The van der Waals surface area contributed by atoms with Crippen LogP contribution < -0.4 is 11.2 Å². The maximum atomic E-state index is 5.50. The van der Waals surface area contributed by atoms with Gasteiger partial charge in [0.15, 0.2) is 0 Å². The van der Waals surface area contributed by atoms with Gasteiger partial charge in [0.25, 0.3) is 0 Å². The summed E-state index contributed by atoms with van der Waals surface area (Å²) in [6, 6.07) is 0.597. The van der Waals surface area contributed by atoms with Crippen LogP contribution >= 0.6 is 0 Å². The summed E-state index contributed by atoms with van der Waals surface area (Å²) in [4.78, 5) is 0. The van der Waals surface area contributed by atoms with Crippen LogP contribution in [0.3, 0.4) is 0 Å². The molecule has 0 aliphatic heterocycles. The molecule has 3 N–H and O–H groups in total. The van der Waals surface area contributed by atoms with Crippen molar-refractivity contribution in [1.29, 1.82) is 0 Å². The first-order valence-corrected chi connectivity index (χ1v) is 6.96. The molecule has 3 heteroatoms. The van der Waals surface area contributed by atoms with Crippen molar-refractivity contribution in [3.63, 3.8) is 0 Å². The molecule has 0 bridgehead atoms. The molecular formula is C13H31N3. The summed E-state index contributed by atoms with van der Waals surface area (Å²) in [7, 11) is 0. The Hall–Kier alpha value is -0.120. The summed E-state index contributed by atoms with van der Waals surface area (Å²) in [5.74, 6) is 0. The van der Waals surface area contributed by atoms with Gasteiger partial charge in [-0.3, -0.25) is 0 Å². The maximum absolute atomic E-state index is 5.50. The van der Waals surface area contributed by atoms with E-state index in [-0.39, 0.29) is 0 Å². The van der Waals surface area contributed by atoms with Crippen LogP contribution in [0, 0.1) is 0 Å². The Kier molecular flexibility index (Phi) is 11.3. The smallest absolute Gasteiger partial charge is 0.0567 e. The second-order valence-corrected chi connectivity index (χ2v) is 4.55. The van der Waals surface area contributed by atoms with Crippen molar-refractivity contribution in [3.05, 3.63) is 0 Å². The first kappa shape index (κ1) is 15.9. The third kappa shape index (κ3) is 8.08. The number of nitrogens with one attached hydrogen (secondary N) is 1. The van der Waals surface area contributed by atoms with E-state index in [0.717, 1.165) is 6.54 Å². The average Bonchev–Trinajstić information content (AvgIpc) is 2.30. The molecule has 0 spiro atoms. The molecule has 0 aromatic rings. The van der Waals surface area contributed by atoms with Crippen LogP contribution in [0.25, 0.3) is 0 Å². The molecule has 0 saturated carbocycles. The molecule has 0 aromatic carbocycles. The Morgan fingerprint density at radius 1 is 1.06 bits per heavy atom. The number of hydrogen-bond acceptors (Lipinski definition) is 3. The highest BCUT2D eigenvalue weighted by Crippen LogP contribution is 2.10. The van der Waals surface area contributed by atoms with Crippen molar-refractivity contribution in [1.82, 2.24) is 10.4 Å². The van der Waals surface area contributed by atoms with E-state index in [1.165, 1.54) is 44.9 Å². The second-order valence-electron chi connectivity index (χ2n) is 4.55. The molecule has 0 saturated heterocycles. The standard InChI is InChI=1S/C13H31N3/c1-4-6-7-8-9-10-11-13(3)16(5-2)15-12-14/h13,15H,4-12,14H2,1-3H3. The van der Waals surface area contributed by atoms with Crippen molar-refractivity contribution in [3.8, 4) is 0 Å². The summed E-state index contributed by atoms with van der Waals surface area (Å²) in [6.45, 7) is 8.27. The van der Waals surface area contributed by atoms with Gasteiger partial charge in [-0.15, -0.1) is 0 Å². The van der Waals surface area contributed by atoms with E-state index in [1.807, 2.05) is 0 Å². The molecular weight excluding hydrogens is 198 g/mol.